The van der Waals surface area contributed by atoms with Gasteiger partial charge in [0.25, 0.3) is 5.91 Å². The van der Waals surface area contributed by atoms with E-state index in [2.05, 4.69) is 15.0 Å². The number of aromatic nitrogens is 4. The summed E-state index contributed by atoms with van der Waals surface area (Å²) in [6.45, 7) is 1.89. The Labute approximate surface area is 161 Å². The van der Waals surface area contributed by atoms with Gasteiger partial charge in [-0.25, -0.2) is 15.0 Å². The molecule has 27 heavy (non-hydrogen) atoms. The van der Waals surface area contributed by atoms with E-state index in [1.165, 1.54) is 12.4 Å². The van der Waals surface area contributed by atoms with Gasteiger partial charge in [0.2, 0.25) is 0 Å². The van der Waals surface area contributed by atoms with Crippen LogP contribution in [-0.2, 0) is 6.54 Å². The van der Waals surface area contributed by atoms with Crippen LogP contribution < -0.4 is 4.74 Å². The van der Waals surface area contributed by atoms with Gasteiger partial charge in [0, 0.05) is 37.5 Å². The number of carbonyl (C=O) groups excluding carboxylic acids is 1. The number of hydrogen-bond acceptors (Lipinski definition) is 5. The smallest absolute Gasteiger partial charge is 0.316 e. The van der Waals surface area contributed by atoms with E-state index in [1.807, 2.05) is 35.0 Å². The second-order valence-electron chi connectivity index (χ2n) is 6.40. The second-order valence-corrected chi connectivity index (χ2v) is 6.83. The Kier molecular flexibility index (Phi) is 5.02. The number of imidazole rings is 1. The normalized spacial score (nSPS) is 16.5. The molecular weight excluding hydrogens is 366 g/mol. The van der Waals surface area contributed by atoms with Crippen molar-refractivity contribution < 1.29 is 9.53 Å². The zero-order valence-corrected chi connectivity index (χ0v) is 15.3. The third kappa shape index (κ3) is 4.25. The van der Waals surface area contributed by atoms with Crippen molar-refractivity contribution >= 4 is 17.5 Å². The Morgan fingerprint density at radius 1 is 1.22 bits per heavy atom. The maximum Gasteiger partial charge on any atom is 0.316 e. The van der Waals surface area contributed by atoms with Gasteiger partial charge in [-0.3, -0.25) is 4.79 Å². The molecule has 4 rings (SSSR count). The quantitative estimate of drug-likeness (QED) is 0.677. The van der Waals surface area contributed by atoms with E-state index in [4.69, 9.17) is 16.3 Å². The van der Waals surface area contributed by atoms with Gasteiger partial charge in [0.1, 0.15) is 6.10 Å². The summed E-state index contributed by atoms with van der Waals surface area (Å²) in [5.74, 6) is 0.00676. The molecule has 1 fully saturated rings. The molecule has 0 spiro atoms. The Balaban J connectivity index is 1.34. The molecule has 1 amide bonds. The summed E-state index contributed by atoms with van der Waals surface area (Å²) in [5, 5.41) is 0.460. The molecule has 0 aliphatic carbocycles. The predicted octanol–water partition coefficient (Wildman–Crippen LogP) is 2.67. The van der Waals surface area contributed by atoms with Crippen molar-refractivity contribution in [2.75, 3.05) is 13.1 Å². The number of halogens is 1. The van der Waals surface area contributed by atoms with Gasteiger partial charge in [0.15, 0.2) is 0 Å². The van der Waals surface area contributed by atoms with Crippen molar-refractivity contribution in [3.8, 4) is 6.01 Å². The summed E-state index contributed by atoms with van der Waals surface area (Å²) in [5.41, 5.74) is 1.79. The van der Waals surface area contributed by atoms with E-state index in [9.17, 15) is 4.79 Å². The van der Waals surface area contributed by atoms with Gasteiger partial charge >= 0.3 is 6.01 Å². The fourth-order valence-electron chi connectivity index (χ4n) is 3.05. The highest BCUT2D eigenvalue weighted by Gasteiger charge is 2.28. The minimum absolute atomic E-state index is 0.00676. The number of rotatable bonds is 5. The lowest BCUT2D eigenvalue weighted by Gasteiger charge is -2.17. The third-order valence-electron chi connectivity index (χ3n) is 4.43. The Morgan fingerprint density at radius 2 is 2.00 bits per heavy atom. The molecule has 0 radical (unpaired) electrons. The van der Waals surface area contributed by atoms with Gasteiger partial charge in [-0.05, 0) is 17.7 Å². The number of amides is 1. The Hall–Kier alpha value is -2.93. The average Bonchev–Trinajstić information content (AvgIpc) is 3.36. The van der Waals surface area contributed by atoms with Gasteiger partial charge in [-0.15, -0.1) is 0 Å². The standard InChI is InChI=1S/C19H18ClN5O2/c20-16-9-22-19(23-10-16)27-17-5-7-25(12-17)18(26)15-3-1-14(2-4-15)11-24-8-6-21-13-24/h1-4,6,8-10,13,17H,5,7,11-12H2/t17-/m1/s1. The molecule has 1 aliphatic rings. The van der Waals surface area contributed by atoms with Crippen molar-refractivity contribution in [2.24, 2.45) is 0 Å². The van der Waals surface area contributed by atoms with Crippen LogP contribution in [0, 0.1) is 0 Å². The van der Waals surface area contributed by atoms with Crippen LogP contribution in [0.2, 0.25) is 5.02 Å². The Morgan fingerprint density at radius 3 is 2.70 bits per heavy atom. The summed E-state index contributed by atoms with van der Waals surface area (Å²) >= 11 is 5.77. The SMILES string of the molecule is O=C(c1ccc(Cn2ccnc2)cc1)N1CC[C@@H](Oc2ncc(Cl)cn2)C1. The molecule has 8 heteroatoms. The highest BCUT2D eigenvalue weighted by atomic mass is 35.5. The number of likely N-dealkylation sites (tertiary alicyclic amines) is 1. The maximum atomic E-state index is 12.7. The molecule has 0 N–H and O–H groups in total. The molecule has 0 unspecified atom stereocenters. The van der Waals surface area contributed by atoms with E-state index in [0.29, 0.717) is 23.7 Å². The number of hydrogen-bond donors (Lipinski definition) is 0. The van der Waals surface area contributed by atoms with Gasteiger partial charge in [-0.1, -0.05) is 23.7 Å². The number of nitrogens with zero attached hydrogens (tertiary/aromatic N) is 5. The summed E-state index contributed by atoms with van der Waals surface area (Å²) in [7, 11) is 0. The summed E-state index contributed by atoms with van der Waals surface area (Å²) in [4.78, 5) is 26.6. The highest BCUT2D eigenvalue weighted by molar-refractivity contribution is 6.30. The molecule has 1 atom stereocenters. The molecular formula is C19H18ClN5O2. The topological polar surface area (TPSA) is 73.1 Å². The van der Waals surface area contributed by atoms with Crippen molar-refractivity contribution in [1.82, 2.24) is 24.4 Å². The lowest BCUT2D eigenvalue weighted by atomic mass is 10.1. The third-order valence-corrected chi connectivity index (χ3v) is 4.62. The first-order valence-electron chi connectivity index (χ1n) is 8.65. The van der Waals surface area contributed by atoms with Crippen molar-refractivity contribution in [2.45, 2.75) is 19.1 Å². The largest absolute Gasteiger partial charge is 0.458 e. The first-order chi connectivity index (χ1) is 13.2. The molecule has 7 nitrogen and oxygen atoms in total. The van der Waals surface area contributed by atoms with E-state index in [-0.39, 0.29) is 18.0 Å². The molecule has 1 aliphatic heterocycles. The maximum absolute atomic E-state index is 12.7. The van der Waals surface area contributed by atoms with Crippen LogP contribution >= 0.6 is 11.6 Å². The van der Waals surface area contributed by atoms with Crippen LogP contribution in [0.4, 0.5) is 0 Å². The second kappa shape index (κ2) is 7.75. The number of benzene rings is 1. The molecule has 0 bridgehead atoms. The fourth-order valence-corrected chi connectivity index (χ4v) is 3.14. The van der Waals surface area contributed by atoms with Crippen LogP contribution in [0.1, 0.15) is 22.3 Å². The average molecular weight is 384 g/mol. The molecule has 2 aromatic heterocycles. The summed E-state index contributed by atoms with van der Waals surface area (Å²) in [6, 6.07) is 7.95. The zero-order chi connectivity index (χ0) is 18.6. The predicted molar refractivity (Wildman–Crippen MR) is 99.7 cm³/mol. The molecule has 1 aromatic carbocycles. The monoisotopic (exact) mass is 383 g/mol. The highest BCUT2D eigenvalue weighted by Crippen LogP contribution is 2.18. The van der Waals surface area contributed by atoms with Crippen LogP contribution in [-0.4, -0.2) is 49.5 Å². The number of carbonyl (C=O) groups is 1. The molecule has 3 heterocycles. The summed E-state index contributed by atoms with van der Waals surface area (Å²) < 4.78 is 7.73. The van der Waals surface area contributed by atoms with Crippen molar-refractivity contribution in [3.05, 3.63) is 71.5 Å². The van der Waals surface area contributed by atoms with Crippen molar-refractivity contribution in [3.63, 3.8) is 0 Å². The van der Waals surface area contributed by atoms with Gasteiger partial charge in [-0.2, -0.15) is 0 Å². The van der Waals surface area contributed by atoms with E-state index in [1.54, 1.807) is 17.4 Å². The van der Waals surface area contributed by atoms with Crippen LogP contribution in [0.15, 0.2) is 55.4 Å². The molecule has 1 saturated heterocycles. The van der Waals surface area contributed by atoms with Crippen LogP contribution in [0.3, 0.4) is 0 Å². The summed E-state index contributed by atoms with van der Waals surface area (Å²) in [6.07, 6.45) is 9.05. The Bertz CT molecular complexity index is 897. The van der Waals surface area contributed by atoms with Gasteiger partial charge in [0.05, 0.1) is 30.3 Å². The lowest BCUT2D eigenvalue weighted by Crippen LogP contribution is -2.31. The minimum atomic E-state index is -0.115. The van der Waals surface area contributed by atoms with Crippen LogP contribution in [0.25, 0.3) is 0 Å². The first-order valence-corrected chi connectivity index (χ1v) is 9.03. The zero-order valence-electron chi connectivity index (χ0n) is 14.5. The van der Waals surface area contributed by atoms with E-state index >= 15 is 0 Å². The first kappa shape index (κ1) is 17.5. The van der Waals surface area contributed by atoms with Crippen molar-refractivity contribution in [1.29, 1.82) is 0 Å². The molecule has 138 valence electrons. The van der Waals surface area contributed by atoms with Crippen LogP contribution in [0.5, 0.6) is 6.01 Å². The van der Waals surface area contributed by atoms with E-state index < -0.39 is 0 Å². The van der Waals surface area contributed by atoms with Gasteiger partial charge < -0.3 is 14.2 Å². The fraction of sp³-hybridized carbons (Fsp3) is 0.263. The lowest BCUT2D eigenvalue weighted by molar-refractivity contribution is 0.0769. The van der Waals surface area contributed by atoms with E-state index in [0.717, 1.165) is 18.5 Å². The number of ether oxygens (including phenoxy) is 1. The minimum Gasteiger partial charge on any atom is -0.458 e. The molecule has 3 aromatic rings. The molecule has 0 saturated carbocycles.